The number of ketones is 1. The highest BCUT2D eigenvalue weighted by molar-refractivity contribution is 5.87. The number of unbranched alkanes of at least 4 members (excludes halogenated alkanes) is 2. The standard InChI is InChI=1S/C22H33NO/c1-3-5-12-18-19(13-6-4-2)22(24)21-16-23(15-20(18)21)14-17-10-8-7-9-11-17/h7-11,18-21H,3-6,12-16H2,1-2H3. The van der Waals surface area contributed by atoms with Gasteiger partial charge < -0.3 is 0 Å². The Morgan fingerprint density at radius 3 is 2.42 bits per heavy atom. The fourth-order valence-corrected chi connectivity index (χ4v) is 5.04. The first-order chi connectivity index (χ1) is 11.7. The molecule has 2 aliphatic rings. The molecule has 1 aromatic carbocycles. The summed E-state index contributed by atoms with van der Waals surface area (Å²) >= 11 is 0. The van der Waals surface area contributed by atoms with E-state index in [4.69, 9.17) is 0 Å². The third kappa shape index (κ3) is 3.74. The van der Waals surface area contributed by atoms with Crippen LogP contribution in [0.25, 0.3) is 0 Å². The minimum absolute atomic E-state index is 0.317. The van der Waals surface area contributed by atoms with Crippen LogP contribution < -0.4 is 0 Å². The molecule has 2 fully saturated rings. The molecule has 1 heterocycles. The first kappa shape index (κ1) is 17.7. The van der Waals surface area contributed by atoms with Crippen LogP contribution in [0.3, 0.4) is 0 Å². The summed E-state index contributed by atoms with van der Waals surface area (Å²) in [7, 11) is 0. The van der Waals surface area contributed by atoms with Gasteiger partial charge >= 0.3 is 0 Å². The topological polar surface area (TPSA) is 20.3 Å². The minimum atomic E-state index is 0.317. The van der Waals surface area contributed by atoms with E-state index < -0.39 is 0 Å². The predicted molar refractivity (Wildman–Crippen MR) is 99.7 cm³/mol. The molecular weight excluding hydrogens is 294 g/mol. The van der Waals surface area contributed by atoms with Crippen molar-refractivity contribution in [3.05, 3.63) is 35.9 Å². The lowest BCUT2D eigenvalue weighted by molar-refractivity contribution is -0.124. The van der Waals surface area contributed by atoms with Crippen LogP contribution in [0.1, 0.15) is 57.9 Å². The average Bonchev–Trinajstić information content (AvgIpc) is 3.10. The van der Waals surface area contributed by atoms with Crippen LogP contribution in [0.5, 0.6) is 0 Å². The second-order valence-corrected chi connectivity index (χ2v) is 7.91. The molecule has 0 amide bonds. The van der Waals surface area contributed by atoms with Gasteiger partial charge in [0.1, 0.15) is 5.78 Å². The van der Waals surface area contributed by atoms with Crippen LogP contribution in [0.15, 0.2) is 30.3 Å². The van der Waals surface area contributed by atoms with E-state index in [0.717, 1.165) is 26.1 Å². The third-order valence-electron chi connectivity index (χ3n) is 6.25. The third-order valence-corrected chi connectivity index (χ3v) is 6.25. The smallest absolute Gasteiger partial charge is 0.140 e. The van der Waals surface area contributed by atoms with Crippen molar-refractivity contribution in [1.82, 2.24) is 4.90 Å². The van der Waals surface area contributed by atoms with Crippen molar-refractivity contribution in [2.75, 3.05) is 13.1 Å². The van der Waals surface area contributed by atoms with Crippen molar-refractivity contribution < 1.29 is 4.79 Å². The van der Waals surface area contributed by atoms with Crippen molar-refractivity contribution in [2.24, 2.45) is 23.7 Å². The summed E-state index contributed by atoms with van der Waals surface area (Å²) in [5, 5.41) is 0. The number of Topliss-reactive ketones (excluding diaryl/α,β-unsaturated/α-hetero) is 1. The van der Waals surface area contributed by atoms with E-state index >= 15 is 0 Å². The number of hydrogen-bond acceptors (Lipinski definition) is 2. The van der Waals surface area contributed by atoms with Gasteiger partial charge in [0.25, 0.3) is 0 Å². The number of fused-ring (bicyclic) bond motifs is 1. The number of rotatable bonds is 8. The van der Waals surface area contributed by atoms with Crippen molar-refractivity contribution in [3.8, 4) is 0 Å². The fourth-order valence-electron chi connectivity index (χ4n) is 5.04. The fraction of sp³-hybridized carbons (Fsp3) is 0.682. The van der Waals surface area contributed by atoms with E-state index in [0.29, 0.717) is 29.5 Å². The zero-order chi connectivity index (χ0) is 16.9. The second-order valence-electron chi connectivity index (χ2n) is 7.91. The van der Waals surface area contributed by atoms with Gasteiger partial charge in [0.15, 0.2) is 0 Å². The second kappa shape index (κ2) is 8.29. The Hall–Kier alpha value is -1.15. The maximum Gasteiger partial charge on any atom is 0.140 e. The first-order valence-corrected chi connectivity index (χ1v) is 10.0. The Balaban J connectivity index is 1.67. The molecule has 1 saturated heterocycles. The molecule has 2 heteroatoms. The van der Waals surface area contributed by atoms with Crippen LogP contribution in [0.4, 0.5) is 0 Å². The highest BCUT2D eigenvalue weighted by atomic mass is 16.1. The maximum absolute atomic E-state index is 13.0. The molecular formula is C22H33NO. The molecule has 3 rings (SSSR count). The summed E-state index contributed by atoms with van der Waals surface area (Å²) in [6.07, 6.45) is 7.34. The van der Waals surface area contributed by atoms with Gasteiger partial charge in [0.2, 0.25) is 0 Å². The van der Waals surface area contributed by atoms with Gasteiger partial charge in [0.05, 0.1) is 0 Å². The summed E-state index contributed by atoms with van der Waals surface area (Å²) in [6.45, 7) is 7.63. The van der Waals surface area contributed by atoms with Gasteiger partial charge in [-0.05, 0) is 30.2 Å². The average molecular weight is 328 g/mol. The molecule has 24 heavy (non-hydrogen) atoms. The van der Waals surface area contributed by atoms with E-state index in [1.807, 2.05) is 0 Å². The SMILES string of the molecule is CCCCC1C(=O)C2CN(Cc3ccccc3)CC2C1CCCC. The van der Waals surface area contributed by atoms with Crippen molar-refractivity contribution >= 4 is 5.78 Å². The predicted octanol–water partition coefficient (Wildman–Crippen LogP) is 4.93. The Bertz CT molecular complexity index is 526. The number of nitrogens with zero attached hydrogens (tertiary/aromatic N) is 1. The quantitative estimate of drug-likeness (QED) is 0.675. The molecule has 0 radical (unpaired) electrons. The van der Waals surface area contributed by atoms with Crippen molar-refractivity contribution in [2.45, 2.75) is 58.9 Å². The summed E-state index contributed by atoms with van der Waals surface area (Å²) in [4.78, 5) is 15.6. The highest BCUT2D eigenvalue weighted by Gasteiger charge is 2.52. The van der Waals surface area contributed by atoms with Crippen LogP contribution in [-0.2, 0) is 11.3 Å². The molecule has 1 aliphatic heterocycles. The van der Waals surface area contributed by atoms with Gasteiger partial charge in [-0.3, -0.25) is 9.69 Å². The zero-order valence-corrected chi connectivity index (χ0v) is 15.4. The normalized spacial score (nSPS) is 30.0. The van der Waals surface area contributed by atoms with Crippen LogP contribution in [0, 0.1) is 23.7 Å². The molecule has 1 aromatic rings. The van der Waals surface area contributed by atoms with E-state index in [1.165, 1.54) is 37.7 Å². The molecule has 2 nitrogen and oxygen atoms in total. The Labute approximate surface area is 147 Å². The maximum atomic E-state index is 13.0. The van der Waals surface area contributed by atoms with Gasteiger partial charge in [-0.1, -0.05) is 69.9 Å². The lowest BCUT2D eigenvalue weighted by Crippen LogP contribution is -2.28. The van der Waals surface area contributed by atoms with Gasteiger partial charge in [-0.15, -0.1) is 0 Å². The summed E-state index contributed by atoms with van der Waals surface area (Å²) < 4.78 is 0. The zero-order valence-electron chi connectivity index (χ0n) is 15.4. The molecule has 0 N–H and O–H groups in total. The highest BCUT2D eigenvalue weighted by Crippen LogP contribution is 2.47. The lowest BCUT2D eigenvalue weighted by atomic mass is 9.82. The minimum Gasteiger partial charge on any atom is -0.299 e. The van der Waals surface area contributed by atoms with E-state index in [9.17, 15) is 4.79 Å². The molecule has 4 unspecified atom stereocenters. The number of carbonyl (C=O) groups is 1. The number of carbonyl (C=O) groups excluding carboxylic acids is 1. The number of hydrogen-bond donors (Lipinski definition) is 0. The summed E-state index contributed by atoms with van der Waals surface area (Å²) in [5.41, 5.74) is 1.37. The van der Waals surface area contributed by atoms with Crippen LogP contribution in [-0.4, -0.2) is 23.8 Å². The van der Waals surface area contributed by atoms with Crippen LogP contribution in [0.2, 0.25) is 0 Å². The molecule has 132 valence electrons. The van der Waals surface area contributed by atoms with Crippen molar-refractivity contribution in [1.29, 1.82) is 0 Å². The molecule has 0 aromatic heterocycles. The molecule has 0 bridgehead atoms. The first-order valence-electron chi connectivity index (χ1n) is 10.0. The molecule has 4 atom stereocenters. The number of likely N-dealkylation sites (tertiary alicyclic amines) is 1. The molecule has 1 saturated carbocycles. The summed E-state index contributed by atoms with van der Waals surface area (Å²) in [6, 6.07) is 10.7. The van der Waals surface area contributed by atoms with Gasteiger partial charge in [-0.2, -0.15) is 0 Å². The molecule has 1 aliphatic carbocycles. The Morgan fingerprint density at radius 2 is 1.71 bits per heavy atom. The van der Waals surface area contributed by atoms with E-state index in [-0.39, 0.29) is 0 Å². The van der Waals surface area contributed by atoms with Gasteiger partial charge in [0, 0.05) is 31.5 Å². The monoisotopic (exact) mass is 327 g/mol. The summed E-state index contributed by atoms with van der Waals surface area (Å²) in [5.74, 6) is 2.55. The lowest BCUT2D eigenvalue weighted by Gasteiger charge is -2.25. The number of benzene rings is 1. The van der Waals surface area contributed by atoms with Gasteiger partial charge in [-0.25, -0.2) is 0 Å². The van der Waals surface area contributed by atoms with Crippen LogP contribution >= 0.6 is 0 Å². The Morgan fingerprint density at radius 1 is 1.00 bits per heavy atom. The van der Waals surface area contributed by atoms with E-state index in [2.05, 4.69) is 49.1 Å². The van der Waals surface area contributed by atoms with E-state index in [1.54, 1.807) is 0 Å². The largest absolute Gasteiger partial charge is 0.299 e. The molecule has 0 spiro atoms. The van der Waals surface area contributed by atoms with Crippen molar-refractivity contribution in [3.63, 3.8) is 0 Å². The Kier molecular flexibility index (Phi) is 6.10.